The van der Waals surface area contributed by atoms with Crippen LogP contribution in [0, 0.1) is 11.6 Å². The molecule has 3 N–H and O–H groups in total. The molecule has 1 aromatic carbocycles. The molecule has 0 fully saturated rings. The Bertz CT molecular complexity index is 566. The summed E-state index contributed by atoms with van der Waals surface area (Å²) in [6.45, 7) is 0. The number of nitrogens with two attached hydrogens (primary N) is 1. The molecule has 4 nitrogen and oxygen atoms in total. The van der Waals surface area contributed by atoms with E-state index >= 15 is 0 Å². The molecule has 2 rings (SSSR count). The molecule has 2 aromatic rings. The van der Waals surface area contributed by atoms with Crippen LogP contribution in [0.25, 0.3) is 0 Å². The molecule has 0 spiro atoms. The number of nitrogens with zero attached hydrogens (tertiary/aromatic N) is 2. The molecule has 0 saturated carbocycles. The molecule has 0 bridgehead atoms. The first-order valence-electron chi connectivity index (χ1n) is 5.60. The molecule has 19 heavy (non-hydrogen) atoms. The molecule has 0 aliphatic rings. The van der Waals surface area contributed by atoms with Crippen molar-refractivity contribution in [2.45, 2.75) is 12.5 Å². The maximum absolute atomic E-state index is 13.2. The molecule has 7 heteroatoms. The molecule has 0 aliphatic carbocycles. The van der Waals surface area contributed by atoms with Gasteiger partial charge in [-0.3, -0.25) is 16.0 Å². The van der Waals surface area contributed by atoms with Gasteiger partial charge in [-0.1, -0.05) is 6.07 Å². The van der Waals surface area contributed by atoms with E-state index in [9.17, 15) is 8.78 Å². The van der Waals surface area contributed by atoms with Crippen LogP contribution in [0.2, 0.25) is 0 Å². The second-order valence-electron chi connectivity index (χ2n) is 4.17. The van der Waals surface area contributed by atoms with E-state index in [-0.39, 0.29) is 6.04 Å². The average molecular weight is 331 g/mol. The van der Waals surface area contributed by atoms with Crippen molar-refractivity contribution in [1.82, 2.24) is 15.2 Å². The fourth-order valence-electron chi connectivity index (χ4n) is 1.95. The van der Waals surface area contributed by atoms with Crippen molar-refractivity contribution >= 4 is 15.9 Å². The Morgan fingerprint density at radius 1 is 1.42 bits per heavy atom. The molecule has 1 unspecified atom stereocenters. The summed E-state index contributed by atoms with van der Waals surface area (Å²) in [5.41, 5.74) is 4.15. The summed E-state index contributed by atoms with van der Waals surface area (Å²) in [5.74, 6) is 3.82. The lowest BCUT2D eigenvalue weighted by Crippen LogP contribution is -2.31. The van der Waals surface area contributed by atoms with E-state index in [0.29, 0.717) is 12.0 Å². The lowest BCUT2D eigenvalue weighted by molar-refractivity contribution is 0.492. The Balaban J connectivity index is 2.26. The molecule has 1 heterocycles. The third-order valence-corrected chi connectivity index (χ3v) is 3.50. The van der Waals surface area contributed by atoms with Gasteiger partial charge < -0.3 is 0 Å². The fourth-order valence-corrected chi connectivity index (χ4v) is 2.57. The predicted octanol–water partition coefficient (Wildman–Crippen LogP) is 2.21. The van der Waals surface area contributed by atoms with Crippen LogP contribution < -0.4 is 11.3 Å². The van der Waals surface area contributed by atoms with Crippen molar-refractivity contribution in [2.24, 2.45) is 12.9 Å². The zero-order chi connectivity index (χ0) is 14.0. The Labute approximate surface area is 117 Å². The van der Waals surface area contributed by atoms with Gasteiger partial charge in [-0.15, -0.1) is 0 Å². The molecule has 0 aliphatic heterocycles. The van der Waals surface area contributed by atoms with Crippen LogP contribution in [0.4, 0.5) is 8.78 Å². The average Bonchev–Trinajstić information content (AvgIpc) is 2.71. The van der Waals surface area contributed by atoms with Crippen LogP contribution in [0.1, 0.15) is 17.3 Å². The zero-order valence-corrected chi connectivity index (χ0v) is 11.8. The van der Waals surface area contributed by atoms with Crippen LogP contribution in [0.5, 0.6) is 0 Å². The largest absolute Gasteiger partial charge is 0.271 e. The molecule has 1 aromatic heterocycles. The maximum Gasteiger partial charge on any atom is 0.159 e. The number of hydrogen-bond acceptors (Lipinski definition) is 3. The second-order valence-corrected chi connectivity index (χ2v) is 5.03. The van der Waals surface area contributed by atoms with E-state index in [1.165, 1.54) is 12.1 Å². The van der Waals surface area contributed by atoms with Crippen LogP contribution in [0.15, 0.2) is 28.9 Å². The van der Waals surface area contributed by atoms with Crippen LogP contribution in [0.3, 0.4) is 0 Å². The minimum atomic E-state index is -0.864. The minimum absolute atomic E-state index is 0.258. The van der Waals surface area contributed by atoms with Gasteiger partial charge in [0.1, 0.15) is 0 Å². The van der Waals surface area contributed by atoms with Gasteiger partial charge in [0.15, 0.2) is 11.6 Å². The standard InChI is InChI=1S/C12H13BrF2N4/c1-19-12(8(13)6-17-19)11(18-16)5-7-2-3-9(14)10(15)4-7/h2-4,6,11,18H,5,16H2,1H3. The number of rotatable bonds is 4. The monoisotopic (exact) mass is 330 g/mol. The van der Waals surface area contributed by atoms with E-state index in [1.54, 1.807) is 17.9 Å². The molecule has 0 saturated heterocycles. The minimum Gasteiger partial charge on any atom is -0.271 e. The third kappa shape index (κ3) is 2.99. The number of hydrazine groups is 1. The van der Waals surface area contributed by atoms with Crippen molar-refractivity contribution in [2.75, 3.05) is 0 Å². The maximum atomic E-state index is 13.2. The number of hydrogen-bond donors (Lipinski definition) is 2. The number of benzene rings is 1. The lowest BCUT2D eigenvalue weighted by atomic mass is 10.0. The summed E-state index contributed by atoms with van der Waals surface area (Å²) in [6.07, 6.45) is 2.08. The number of nitrogens with one attached hydrogen (secondary N) is 1. The summed E-state index contributed by atoms with van der Waals surface area (Å²) in [5, 5.41) is 4.10. The van der Waals surface area contributed by atoms with Gasteiger partial charge in [0.2, 0.25) is 0 Å². The number of aryl methyl sites for hydroxylation is 1. The van der Waals surface area contributed by atoms with Gasteiger partial charge in [-0.25, -0.2) is 8.78 Å². The Kier molecular flexibility index (Phi) is 4.28. The van der Waals surface area contributed by atoms with Crippen LogP contribution >= 0.6 is 15.9 Å². The Morgan fingerprint density at radius 2 is 2.16 bits per heavy atom. The van der Waals surface area contributed by atoms with Gasteiger partial charge in [0.25, 0.3) is 0 Å². The quantitative estimate of drug-likeness (QED) is 0.667. The first kappa shape index (κ1) is 14.1. The SMILES string of the molecule is Cn1ncc(Br)c1C(Cc1ccc(F)c(F)c1)NN. The molecular formula is C12H13BrF2N4. The predicted molar refractivity (Wildman–Crippen MR) is 71.0 cm³/mol. The highest BCUT2D eigenvalue weighted by molar-refractivity contribution is 9.10. The summed E-state index contributed by atoms with van der Waals surface area (Å²) in [6, 6.07) is 3.56. The molecular weight excluding hydrogens is 318 g/mol. The first-order chi connectivity index (χ1) is 9.02. The van der Waals surface area contributed by atoms with Crippen molar-refractivity contribution in [3.8, 4) is 0 Å². The molecule has 0 radical (unpaired) electrons. The molecule has 1 atom stereocenters. The zero-order valence-electron chi connectivity index (χ0n) is 10.2. The highest BCUT2D eigenvalue weighted by Gasteiger charge is 2.18. The van der Waals surface area contributed by atoms with E-state index < -0.39 is 11.6 Å². The van der Waals surface area contributed by atoms with E-state index in [4.69, 9.17) is 5.84 Å². The highest BCUT2D eigenvalue weighted by Crippen LogP contribution is 2.25. The Morgan fingerprint density at radius 3 is 2.68 bits per heavy atom. The summed E-state index contributed by atoms with van der Waals surface area (Å²) >= 11 is 3.39. The van der Waals surface area contributed by atoms with Crippen LogP contribution in [-0.4, -0.2) is 9.78 Å². The first-order valence-corrected chi connectivity index (χ1v) is 6.39. The van der Waals surface area contributed by atoms with Crippen molar-refractivity contribution in [3.63, 3.8) is 0 Å². The van der Waals surface area contributed by atoms with E-state index in [1.807, 2.05) is 0 Å². The van der Waals surface area contributed by atoms with Gasteiger partial charge in [0, 0.05) is 7.05 Å². The normalized spacial score (nSPS) is 12.7. The Hall–Kier alpha value is -1.31. The number of halogens is 3. The number of aromatic nitrogens is 2. The van der Waals surface area contributed by atoms with Crippen molar-refractivity contribution in [1.29, 1.82) is 0 Å². The molecule has 0 amide bonds. The van der Waals surface area contributed by atoms with Gasteiger partial charge >= 0.3 is 0 Å². The topological polar surface area (TPSA) is 55.9 Å². The van der Waals surface area contributed by atoms with E-state index in [0.717, 1.165) is 16.2 Å². The molecule has 102 valence electrons. The highest BCUT2D eigenvalue weighted by atomic mass is 79.9. The summed E-state index contributed by atoms with van der Waals surface area (Å²) in [7, 11) is 1.79. The lowest BCUT2D eigenvalue weighted by Gasteiger charge is -2.17. The second kappa shape index (κ2) is 5.77. The summed E-state index contributed by atoms with van der Waals surface area (Å²) in [4.78, 5) is 0. The third-order valence-electron chi connectivity index (χ3n) is 2.89. The van der Waals surface area contributed by atoms with Crippen molar-refractivity contribution < 1.29 is 8.78 Å². The smallest absolute Gasteiger partial charge is 0.159 e. The fraction of sp³-hybridized carbons (Fsp3) is 0.250. The van der Waals surface area contributed by atoms with Crippen LogP contribution in [-0.2, 0) is 13.5 Å². The summed E-state index contributed by atoms with van der Waals surface area (Å²) < 4.78 is 28.5. The van der Waals surface area contributed by atoms with Gasteiger partial charge in [0.05, 0.1) is 22.4 Å². The van der Waals surface area contributed by atoms with Gasteiger partial charge in [-0.2, -0.15) is 5.10 Å². The van der Waals surface area contributed by atoms with Crippen molar-refractivity contribution in [3.05, 3.63) is 51.8 Å². The van der Waals surface area contributed by atoms with Gasteiger partial charge in [-0.05, 0) is 40.0 Å². The van der Waals surface area contributed by atoms with E-state index in [2.05, 4.69) is 26.5 Å².